The van der Waals surface area contributed by atoms with Gasteiger partial charge in [-0.25, -0.2) is 0 Å². The molecule has 0 amide bonds. The molecule has 2 aliphatic rings. The molecular weight excluding hydrogens is 440 g/mol. The number of hydrogen-bond donors (Lipinski definition) is 0. The molecule has 174 valence electrons. The maximum atomic E-state index is 6.63. The van der Waals surface area contributed by atoms with Crippen LogP contribution in [-0.4, -0.2) is 0 Å². The highest BCUT2D eigenvalue weighted by atomic mass is 16.6. The monoisotopic (exact) mass is 466 g/mol. The van der Waals surface area contributed by atoms with Crippen LogP contribution >= 0.6 is 0 Å². The average Bonchev–Trinajstić information content (AvgIpc) is 3.15. The first kappa shape index (κ1) is 21.0. The Hall–Kier alpha value is -4.30. The van der Waals surface area contributed by atoms with Crippen LogP contribution in [0.15, 0.2) is 109 Å². The molecule has 1 heterocycles. The van der Waals surface area contributed by atoms with Gasteiger partial charge in [-0.2, -0.15) is 0 Å². The van der Waals surface area contributed by atoms with E-state index in [4.69, 9.17) is 9.47 Å². The number of para-hydroxylation sites is 1. The predicted octanol–water partition coefficient (Wildman–Crippen LogP) is 9.15. The molecule has 0 saturated heterocycles. The predicted molar refractivity (Wildman–Crippen MR) is 145 cm³/mol. The second-order valence-electron chi connectivity index (χ2n) is 10.2. The molecule has 5 aromatic carbocycles. The van der Waals surface area contributed by atoms with Gasteiger partial charge in [0, 0.05) is 16.5 Å². The van der Waals surface area contributed by atoms with Crippen LogP contribution in [0.2, 0.25) is 0 Å². The minimum Gasteiger partial charge on any atom is -0.449 e. The smallest absolute Gasteiger partial charge is 0.178 e. The average molecular weight is 467 g/mol. The van der Waals surface area contributed by atoms with Crippen molar-refractivity contribution in [2.75, 3.05) is 0 Å². The Morgan fingerprint density at radius 2 is 1.25 bits per heavy atom. The van der Waals surface area contributed by atoms with E-state index in [1.165, 1.54) is 27.8 Å². The third-order valence-electron chi connectivity index (χ3n) is 7.56. The van der Waals surface area contributed by atoms with E-state index < -0.39 is 0 Å². The molecule has 5 aromatic rings. The minimum absolute atomic E-state index is 0.0777. The molecular formula is C34H26O2. The third kappa shape index (κ3) is 3.18. The lowest BCUT2D eigenvalue weighted by Gasteiger charge is -2.26. The second-order valence-corrected chi connectivity index (χ2v) is 10.2. The highest BCUT2D eigenvalue weighted by molar-refractivity contribution is 5.88. The van der Waals surface area contributed by atoms with Gasteiger partial charge in [-0.05, 0) is 51.9 Å². The van der Waals surface area contributed by atoms with Gasteiger partial charge in [0.05, 0.1) is 0 Å². The quantitative estimate of drug-likeness (QED) is 0.259. The number of rotatable bonds is 3. The number of ether oxygens (including phenoxy) is 2. The standard InChI is InChI=1S/C34H26O2/c1-34(2)27-16-7-6-14-26(27)31-28(34)18-19-30-33(31)36-29-17-9-15-25(32(29)35-30)24-13-8-12-23(21-24)20-22-10-4-3-5-11-22/h3-19,21H,20H2,1-2H3. The van der Waals surface area contributed by atoms with Crippen molar-refractivity contribution >= 4 is 0 Å². The Balaban J connectivity index is 1.30. The van der Waals surface area contributed by atoms with Crippen LogP contribution in [0.1, 0.15) is 36.1 Å². The zero-order valence-electron chi connectivity index (χ0n) is 20.4. The summed E-state index contributed by atoms with van der Waals surface area (Å²) in [4.78, 5) is 0. The van der Waals surface area contributed by atoms with Gasteiger partial charge in [0.15, 0.2) is 23.0 Å². The Morgan fingerprint density at radius 3 is 2.14 bits per heavy atom. The summed E-state index contributed by atoms with van der Waals surface area (Å²) in [6.07, 6.45) is 0.894. The molecule has 1 aliphatic carbocycles. The molecule has 0 N–H and O–H groups in total. The zero-order chi connectivity index (χ0) is 24.3. The van der Waals surface area contributed by atoms with Crippen molar-refractivity contribution in [2.45, 2.75) is 25.7 Å². The van der Waals surface area contributed by atoms with Gasteiger partial charge in [0.1, 0.15) is 0 Å². The Kier molecular flexibility index (Phi) is 4.59. The molecule has 36 heavy (non-hydrogen) atoms. The van der Waals surface area contributed by atoms with E-state index in [1.54, 1.807) is 0 Å². The van der Waals surface area contributed by atoms with Crippen molar-refractivity contribution in [1.82, 2.24) is 0 Å². The lowest BCUT2D eigenvalue weighted by atomic mass is 9.82. The lowest BCUT2D eigenvalue weighted by Crippen LogP contribution is -2.15. The van der Waals surface area contributed by atoms with Crippen molar-refractivity contribution in [3.63, 3.8) is 0 Å². The summed E-state index contributed by atoms with van der Waals surface area (Å²) in [5.74, 6) is 3.10. The summed E-state index contributed by atoms with van der Waals surface area (Å²) in [5, 5.41) is 0. The maximum Gasteiger partial charge on any atom is 0.178 e. The van der Waals surface area contributed by atoms with Crippen LogP contribution in [0.3, 0.4) is 0 Å². The van der Waals surface area contributed by atoms with E-state index >= 15 is 0 Å². The molecule has 0 aromatic heterocycles. The number of fused-ring (bicyclic) bond motifs is 6. The molecule has 0 fully saturated rings. The molecule has 7 rings (SSSR count). The van der Waals surface area contributed by atoms with Gasteiger partial charge < -0.3 is 9.47 Å². The van der Waals surface area contributed by atoms with E-state index in [1.807, 2.05) is 12.1 Å². The Morgan fingerprint density at radius 1 is 0.556 bits per heavy atom. The van der Waals surface area contributed by atoms with Gasteiger partial charge >= 0.3 is 0 Å². The number of hydrogen-bond acceptors (Lipinski definition) is 2. The largest absolute Gasteiger partial charge is 0.449 e. The molecule has 0 spiro atoms. The van der Waals surface area contributed by atoms with E-state index in [9.17, 15) is 0 Å². The fraction of sp³-hybridized carbons (Fsp3) is 0.118. The van der Waals surface area contributed by atoms with E-state index in [-0.39, 0.29) is 5.41 Å². The van der Waals surface area contributed by atoms with Crippen LogP contribution in [0, 0.1) is 0 Å². The normalized spacial score (nSPS) is 14.1. The summed E-state index contributed by atoms with van der Waals surface area (Å²) in [5.41, 5.74) is 9.63. The van der Waals surface area contributed by atoms with Crippen molar-refractivity contribution in [3.8, 4) is 45.3 Å². The van der Waals surface area contributed by atoms with Crippen molar-refractivity contribution in [2.24, 2.45) is 0 Å². The summed E-state index contributed by atoms with van der Waals surface area (Å²) in [6.45, 7) is 4.56. The molecule has 2 heteroatoms. The first-order chi connectivity index (χ1) is 17.6. The van der Waals surface area contributed by atoms with Gasteiger partial charge in [-0.3, -0.25) is 0 Å². The second kappa shape index (κ2) is 7.86. The van der Waals surface area contributed by atoms with Gasteiger partial charge in [0.2, 0.25) is 0 Å². The highest BCUT2D eigenvalue weighted by Gasteiger charge is 2.39. The highest BCUT2D eigenvalue weighted by Crippen LogP contribution is 2.59. The summed E-state index contributed by atoms with van der Waals surface area (Å²) < 4.78 is 13.2. The molecule has 0 atom stereocenters. The molecule has 0 bridgehead atoms. The fourth-order valence-corrected chi connectivity index (χ4v) is 5.75. The topological polar surface area (TPSA) is 18.5 Å². The van der Waals surface area contributed by atoms with Gasteiger partial charge in [0.25, 0.3) is 0 Å². The molecule has 2 nitrogen and oxygen atoms in total. The molecule has 0 saturated carbocycles. The number of benzene rings is 5. The Labute approximate surface area is 211 Å². The maximum absolute atomic E-state index is 6.63. The van der Waals surface area contributed by atoms with Crippen molar-refractivity contribution in [1.29, 1.82) is 0 Å². The lowest BCUT2D eigenvalue weighted by molar-refractivity contribution is 0.361. The minimum atomic E-state index is -0.0777. The summed E-state index contributed by atoms with van der Waals surface area (Å²) in [6, 6.07) is 38.3. The first-order valence-electron chi connectivity index (χ1n) is 12.5. The van der Waals surface area contributed by atoms with Crippen molar-refractivity contribution < 1.29 is 9.47 Å². The zero-order valence-corrected chi connectivity index (χ0v) is 20.4. The molecule has 0 radical (unpaired) electrons. The molecule has 0 unspecified atom stereocenters. The van der Waals surface area contributed by atoms with Crippen molar-refractivity contribution in [3.05, 3.63) is 131 Å². The SMILES string of the molecule is CC1(C)c2ccccc2-c2c1ccc1c2Oc2cccc(-c3cccc(Cc4ccccc4)c3)c2O1. The van der Waals surface area contributed by atoms with Crippen LogP contribution in [0.25, 0.3) is 22.3 Å². The van der Waals surface area contributed by atoms with Gasteiger partial charge in [-0.15, -0.1) is 0 Å². The Bertz CT molecular complexity index is 1630. The van der Waals surface area contributed by atoms with E-state index in [0.29, 0.717) is 0 Å². The van der Waals surface area contributed by atoms with Gasteiger partial charge in [-0.1, -0.05) is 111 Å². The first-order valence-corrected chi connectivity index (χ1v) is 12.5. The summed E-state index contributed by atoms with van der Waals surface area (Å²) >= 11 is 0. The third-order valence-corrected chi connectivity index (χ3v) is 7.56. The summed E-state index contributed by atoms with van der Waals surface area (Å²) in [7, 11) is 0. The van der Waals surface area contributed by atoms with Crippen LogP contribution < -0.4 is 9.47 Å². The fourth-order valence-electron chi connectivity index (χ4n) is 5.75. The molecule has 1 aliphatic heterocycles. The van der Waals surface area contributed by atoms with E-state index in [0.717, 1.165) is 46.1 Å². The van der Waals surface area contributed by atoms with Crippen LogP contribution in [0.5, 0.6) is 23.0 Å². The van der Waals surface area contributed by atoms with Crippen LogP contribution in [-0.2, 0) is 11.8 Å². The van der Waals surface area contributed by atoms with Crippen LogP contribution in [0.4, 0.5) is 0 Å². The van der Waals surface area contributed by atoms with E-state index in [2.05, 4.69) is 111 Å².